The van der Waals surface area contributed by atoms with Gasteiger partial charge < -0.3 is 5.11 Å². The first-order valence-corrected chi connectivity index (χ1v) is 7.63. The Morgan fingerprint density at radius 1 is 1.29 bits per heavy atom. The third kappa shape index (κ3) is 4.06. The van der Waals surface area contributed by atoms with Gasteiger partial charge in [0.05, 0.1) is 0 Å². The number of hydrogen-bond donors (Lipinski definition) is 2. The zero-order valence-electron chi connectivity index (χ0n) is 13.0. The topological polar surface area (TPSA) is 61.7 Å². The van der Waals surface area contributed by atoms with E-state index in [1.54, 1.807) is 12.1 Å². The van der Waals surface area contributed by atoms with Crippen LogP contribution >= 0.6 is 0 Å². The van der Waals surface area contributed by atoms with Gasteiger partial charge in [-0.15, -0.1) is 0 Å². The molecule has 0 aliphatic heterocycles. The Morgan fingerprint density at radius 2 is 1.95 bits per heavy atom. The number of hydrazone groups is 1. The first kappa shape index (κ1) is 15.5. The molecule has 0 unspecified atom stereocenters. The van der Waals surface area contributed by atoms with E-state index in [0.717, 1.165) is 18.6 Å². The molecular formula is C17H24N2O2. The largest absolute Gasteiger partial charge is 0.508 e. The number of nitrogens with one attached hydrogen (secondary N) is 1. The van der Waals surface area contributed by atoms with Gasteiger partial charge in [-0.05, 0) is 55.4 Å². The van der Waals surface area contributed by atoms with Crippen LogP contribution < -0.4 is 5.43 Å². The van der Waals surface area contributed by atoms with Gasteiger partial charge in [0.2, 0.25) is 0 Å². The van der Waals surface area contributed by atoms with Gasteiger partial charge in [-0.1, -0.05) is 20.8 Å². The van der Waals surface area contributed by atoms with E-state index in [2.05, 4.69) is 31.3 Å². The van der Waals surface area contributed by atoms with Crippen molar-refractivity contribution in [2.45, 2.75) is 40.0 Å². The number of phenols is 1. The molecule has 0 bridgehead atoms. The Hall–Kier alpha value is -1.84. The van der Waals surface area contributed by atoms with Crippen LogP contribution in [0.4, 0.5) is 0 Å². The van der Waals surface area contributed by atoms with Crippen LogP contribution in [-0.2, 0) is 0 Å². The van der Waals surface area contributed by atoms with Crippen LogP contribution in [0.5, 0.6) is 5.75 Å². The summed E-state index contributed by atoms with van der Waals surface area (Å²) in [4.78, 5) is 12.1. The van der Waals surface area contributed by atoms with Crippen LogP contribution in [-0.4, -0.2) is 16.7 Å². The average Bonchev–Trinajstić information content (AvgIpc) is 2.45. The van der Waals surface area contributed by atoms with Gasteiger partial charge in [0.25, 0.3) is 5.91 Å². The third-order valence-electron chi connectivity index (χ3n) is 4.19. The fourth-order valence-electron chi connectivity index (χ4n) is 2.89. The number of carbonyl (C=O) groups is 1. The number of nitrogens with zero attached hydrogens (tertiary/aromatic N) is 1. The Kier molecular flexibility index (Phi) is 4.99. The molecule has 2 atom stereocenters. The van der Waals surface area contributed by atoms with Crippen LogP contribution in [0.3, 0.4) is 0 Å². The minimum absolute atomic E-state index is 0.152. The predicted molar refractivity (Wildman–Crippen MR) is 84.4 cm³/mol. The first-order valence-electron chi connectivity index (χ1n) is 7.63. The highest BCUT2D eigenvalue weighted by atomic mass is 16.3. The monoisotopic (exact) mass is 288 g/mol. The summed E-state index contributed by atoms with van der Waals surface area (Å²) in [5.74, 6) is 1.55. The van der Waals surface area contributed by atoms with Gasteiger partial charge in [-0.25, -0.2) is 5.43 Å². The Bertz CT molecular complexity index is 520. The van der Waals surface area contributed by atoms with E-state index in [4.69, 9.17) is 0 Å². The molecule has 21 heavy (non-hydrogen) atoms. The second kappa shape index (κ2) is 6.74. The van der Waals surface area contributed by atoms with Crippen molar-refractivity contribution in [2.75, 3.05) is 0 Å². The van der Waals surface area contributed by atoms with Crippen molar-refractivity contribution in [2.24, 2.45) is 22.9 Å². The van der Waals surface area contributed by atoms with Gasteiger partial charge in [0, 0.05) is 17.2 Å². The fraction of sp³-hybridized carbons (Fsp3) is 0.529. The van der Waals surface area contributed by atoms with E-state index in [0.29, 0.717) is 23.3 Å². The first-order chi connectivity index (χ1) is 9.97. The Balaban J connectivity index is 2.06. The molecule has 0 radical (unpaired) electrons. The second-order valence-electron chi connectivity index (χ2n) is 6.33. The fourth-order valence-corrected chi connectivity index (χ4v) is 2.89. The lowest BCUT2D eigenvalue weighted by Crippen LogP contribution is -2.31. The maximum atomic E-state index is 12.1. The standard InChI is InChI=1S/C17H24N2O2/c1-11(2)15-9-4-12(3)10-16(15)18-19-17(21)13-5-7-14(20)8-6-13/h5-8,11-12,15,20H,4,9-10H2,1-3H3,(H,19,21)/b18-16-/t12-,15+/m0/s1. The zero-order valence-corrected chi connectivity index (χ0v) is 13.0. The van der Waals surface area contributed by atoms with E-state index in [9.17, 15) is 9.90 Å². The molecule has 1 fully saturated rings. The molecule has 1 saturated carbocycles. The molecule has 4 heteroatoms. The number of phenolic OH excluding ortho intramolecular Hbond substituents is 1. The maximum absolute atomic E-state index is 12.1. The molecule has 2 N–H and O–H groups in total. The SMILES string of the molecule is CC(C)[C@H]1CC[C@H](C)C/C1=N/NC(=O)c1ccc(O)cc1. The van der Waals surface area contributed by atoms with Crippen molar-refractivity contribution >= 4 is 11.6 Å². The number of benzene rings is 1. The van der Waals surface area contributed by atoms with Crippen molar-refractivity contribution in [1.82, 2.24) is 5.43 Å². The quantitative estimate of drug-likeness (QED) is 0.835. The number of carbonyl (C=O) groups excluding carboxylic acids is 1. The van der Waals surface area contributed by atoms with Gasteiger partial charge in [-0.2, -0.15) is 5.10 Å². The van der Waals surface area contributed by atoms with E-state index >= 15 is 0 Å². The number of hydrogen-bond acceptors (Lipinski definition) is 3. The molecule has 2 rings (SSSR count). The zero-order chi connectivity index (χ0) is 15.4. The number of amides is 1. The molecule has 1 amide bonds. The minimum Gasteiger partial charge on any atom is -0.508 e. The van der Waals surface area contributed by atoms with Gasteiger partial charge in [0.1, 0.15) is 5.75 Å². The van der Waals surface area contributed by atoms with Crippen molar-refractivity contribution in [3.63, 3.8) is 0 Å². The average molecular weight is 288 g/mol. The summed E-state index contributed by atoms with van der Waals surface area (Å²) in [5.41, 5.74) is 4.27. The molecular weight excluding hydrogens is 264 g/mol. The summed E-state index contributed by atoms with van der Waals surface area (Å²) < 4.78 is 0. The molecule has 1 aromatic rings. The lowest BCUT2D eigenvalue weighted by Gasteiger charge is -2.30. The number of aromatic hydroxyl groups is 1. The van der Waals surface area contributed by atoms with E-state index in [-0.39, 0.29) is 11.7 Å². The second-order valence-corrected chi connectivity index (χ2v) is 6.33. The van der Waals surface area contributed by atoms with Crippen LogP contribution in [0.1, 0.15) is 50.4 Å². The maximum Gasteiger partial charge on any atom is 0.271 e. The van der Waals surface area contributed by atoms with Crippen LogP contribution in [0, 0.1) is 17.8 Å². The summed E-state index contributed by atoms with van der Waals surface area (Å²) in [5, 5.41) is 13.6. The van der Waals surface area contributed by atoms with Gasteiger partial charge in [0.15, 0.2) is 0 Å². The van der Waals surface area contributed by atoms with Crippen molar-refractivity contribution in [3.8, 4) is 5.75 Å². The molecule has 0 spiro atoms. The smallest absolute Gasteiger partial charge is 0.271 e. The summed E-state index contributed by atoms with van der Waals surface area (Å²) >= 11 is 0. The highest BCUT2D eigenvalue weighted by Crippen LogP contribution is 2.31. The van der Waals surface area contributed by atoms with E-state index in [1.165, 1.54) is 18.6 Å². The van der Waals surface area contributed by atoms with Crippen molar-refractivity contribution in [3.05, 3.63) is 29.8 Å². The summed E-state index contributed by atoms with van der Waals surface area (Å²) in [6.45, 7) is 6.64. The third-order valence-corrected chi connectivity index (χ3v) is 4.19. The summed E-state index contributed by atoms with van der Waals surface area (Å²) in [6.07, 6.45) is 3.33. The molecule has 1 aliphatic carbocycles. The predicted octanol–water partition coefficient (Wildman–Crippen LogP) is 3.57. The molecule has 0 aromatic heterocycles. The molecule has 114 valence electrons. The van der Waals surface area contributed by atoms with Crippen molar-refractivity contribution < 1.29 is 9.90 Å². The van der Waals surface area contributed by atoms with E-state index in [1.807, 2.05) is 0 Å². The van der Waals surface area contributed by atoms with Crippen LogP contribution in [0.25, 0.3) is 0 Å². The molecule has 1 aliphatic rings. The van der Waals surface area contributed by atoms with Gasteiger partial charge >= 0.3 is 0 Å². The molecule has 0 saturated heterocycles. The van der Waals surface area contributed by atoms with Gasteiger partial charge in [-0.3, -0.25) is 4.79 Å². The lowest BCUT2D eigenvalue weighted by atomic mass is 9.76. The Morgan fingerprint density at radius 3 is 2.57 bits per heavy atom. The molecule has 4 nitrogen and oxygen atoms in total. The van der Waals surface area contributed by atoms with Crippen LogP contribution in [0.2, 0.25) is 0 Å². The molecule has 1 aromatic carbocycles. The summed E-state index contributed by atoms with van der Waals surface area (Å²) in [6, 6.07) is 6.19. The highest BCUT2D eigenvalue weighted by Gasteiger charge is 2.27. The van der Waals surface area contributed by atoms with E-state index < -0.39 is 0 Å². The Labute approximate surface area is 126 Å². The highest BCUT2D eigenvalue weighted by molar-refractivity contribution is 5.96. The number of rotatable bonds is 3. The minimum atomic E-state index is -0.233. The van der Waals surface area contributed by atoms with Crippen molar-refractivity contribution in [1.29, 1.82) is 0 Å². The normalized spacial score (nSPS) is 24.3. The van der Waals surface area contributed by atoms with Crippen LogP contribution in [0.15, 0.2) is 29.4 Å². The summed E-state index contributed by atoms with van der Waals surface area (Å²) in [7, 11) is 0. The lowest BCUT2D eigenvalue weighted by molar-refractivity contribution is 0.0954. The molecule has 0 heterocycles.